The smallest absolute Gasteiger partial charge is 0.261 e. The molecule has 0 aliphatic rings. The van der Waals surface area contributed by atoms with Crippen LogP contribution in [0.4, 0.5) is 10.3 Å². The second kappa shape index (κ2) is 5.81. The molecular formula is C12H10FN5O2. The van der Waals surface area contributed by atoms with Crippen molar-refractivity contribution in [1.29, 1.82) is 5.26 Å². The van der Waals surface area contributed by atoms with E-state index in [9.17, 15) is 4.39 Å². The molecule has 0 saturated carbocycles. The first-order valence-corrected chi connectivity index (χ1v) is 5.43. The molecule has 0 aliphatic carbocycles. The maximum atomic E-state index is 13.6. The summed E-state index contributed by atoms with van der Waals surface area (Å²) in [6.45, 7) is 0. The zero-order chi connectivity index (χ0) is 14.5. The summed E-state index contributed by atoms with van der Waals surface area (Å²) in [6.07, 6.45) is 0.924. The van der Waals surface area contributed by atoms with Crippen LogP contribution in [0.2, 0.25) is 0 Å². The fraction of sp³-hybridized carbons (Fsp3) is 0.0833. The lowest BCUT2D eigenvalue weighted by Crippen LogP contribution is -2.11. The van der Waals surface area contributed by atoms with Crippen LogP contribution in [0.3, 0.4) is 0 Å². The number of halogens is 1. The highest BCUT2D eigenvalue weighted by Crippen LogP contribution is 2.32. The van der Waals surface area contributed by atoms with Crippen molar-refractivity contribution in [2.45, 2.75) is 0 Å². The van der Waals surface area contributed by atoms with Crippen molar-refractivity contribution in [3.8, 4) is 23.4 Å². The van der Waals surface area contributed by atoms with E-state index in [1.807, 2.05) is 6.07 Å². The van der Waals surface area contributed by atoms with E-state index in [2.05, 4.69) is 15.4 Å². The van der Waals surface area contributed by atoms with Gasteiger partial charge in [-0.3, -0.25) is 5.43 Å². The van der Waals surface area contributed by atoms with Gasteiger partial charge in [0.05, 0.1) is 24.9 Å². The first-order chi connectivity index (χ1) is 9.67. The average Bonchev–Trinajstić information content (AvgIpc) is 2.49. The molecule has 8 heteroatoms. The number of nitrogens with zero attached hydrogens (tertiary/aromatic N) is 3. The lowest BCUT2D eigenvalue weighted by molar-refractivity contribution is 0.363. The van der Waals surface area contributed by atoms with Crippen LogP contribution in [0.15, 0.2) is 24.4 Å². The second-order valence-electron chi connectivity index (χ2n) is 3.57. The van der Waals surface area contributed by atoms with E-state index in [-0.39, 0.29) is 23.3 Å². The van der Waals surface area contributed by atoms with Gasteiger partial charge in [0.2, 0.25) is 11.8 Å². The van der Waals surface area contributed by atoms with Gasteiger partial charge >= 0.3 is 0 Å². The van der Waals surface area contributed by atoms with Gasteiger partial charge in [-0.05, 0) is 12.1 Å². The SMILES string of the molecule is COc1cc(C#N)ccc1Oc1nc(NN)ncc1F. The Kier molecular flexibility index (Phi) is 3.93. The molecule has 2 rings (SSSR count). The number of methoxy groups -OCH3 is 1. The fourth-order valence-electron chi connectivity index (χ4n) is 1.42. The van der Waals surface area contributed by atoms with Crippen LogP contribution < -0.4 is 20.7 Å². The van der Waals surface area contributed by atoms with Crippen LogP contribution in [-0.2, 0) is 0 Å². The molecule has 0 bridgehead atoms. The Morgan fingerprint density at radius 2 is 2.20 bits per heavy atom. The van der Waals surface area contributed by atoms with Crippen molar-refractivity contribution in [3.05, 3.63) is 35.8 Å². The van der Waals surface area contributed by atoms with Gasteiger partial charge in [-0.2, -0.15) is 14.6 Å². The molecule has 3 N–H and O–H groups in total. The van der Waals surface area contributed by atoms with Crippen LogP contribution in [0.25, 0.3) is 0 Å². The zero-order valence-electron chi connectivity index (χ0n) is 10.4. The highest BCUT2D eigenvalue weighted by molar-refractivity contribution is 5.48. The minimum Gasteiger partial charge on any atom is -0.493 e. The molecular weight excluding hydrogens is 265 g/mol. The van der Waals surface area contributed by atoms with Crippen molar-refractivity contribution in [1.82, 2.24) is 9.97 Å². The van der Waals surface area contributed by atoms with Crippen molar-refractivity contribution in [3.63, 3.8) is 0 Å². The Labute approximate surface area is 113 Å². The van der Waals surface area contributed by atoms with Gasteiger partial charge in [0.25, 0.3) is 5.88 Å². The summed E-state index contributed by atoms with van der Waals surface area (Å²) >= 11 is 0. The number of nitrogens with one attached hydrogen (secondary N) is 1. The van der Waals surface area contributed by atoms with Gasteiger partial charge < -0.3 is 9.47 Å². The normalized spacial score (nSPS) is 9.70. The molecule has 0 atom stereocenters. The Hall–Kier alpha value is -2.92. The fourth-order valence-corrected chi connectivity index (χ4v) is 1.42. The molecule has 2 aromatic rings. The number of nitrogens with two attached hydrogens (primary N) is 1. The van der Waals surface area contributed by atoms with Crippen LogP contribution >= 0.6 is 0 Å². The molecule has 1 heterocycles. The average molecular weight is 275 g/mol. The first kappa shape index (κ1) is 13.5. The van der Waals surface area contributed by atoms with Gasteiger partial charge in [-0.1, -0.05) is 0 Å². The quantitative estimate of drug-likeness (QED) is 0.644. The van der Waals surface area contributed by atoms with E-state index in [0.717, 1.165) is 6.20 Å². The monoisotopic (exact) mass is 275 g/mol. The third-order valence-corrected chi connectivity index (χ3v) is 2.34. The number of aromatic nitrogens is 2. The molecule has 1 aromatic heterocycles. The van der Waals surface area contributed by atoms with E-state index in [1.54, 1.807) is 0 Å². The van der Waals surface area contributed by atoms with Gasteiger partial charge in [-0.25, -0.2) is 10.8 Å². The van der Waals surface area contributed by atoms with Crippen LogP contribution in [0.1, 0.15) is 5.56 Å². The molecule has 0 unspecified atom stereocenters. The molecule has 0 radical (unpaired) electrons. The molecule has 0 aliphatic heterocycles. The summed E-state index contributed by atoms with van der Waals surface area (Å²) in [7, 11) is 1.41. The van der Waals surface area contributed by atoms with Crippen LogP contribution in [0, 0.1) is 17.1 Å². The minimum atomic E-state index is -0.754. The van der Waals surface area contributed by atoms with Gasteiger partial charge in [0.1, 0.15) is 0 Å². The molecule has 1 aromatic carbocycles. The topological polar surface area (TPSA) is 106 Å². The standard InChI is InChI=1S/C12H10FN5O2/c1-19-10-4-7(5-14)2-3-9(10)20-11-8(13)6-16-12(17-11)18-15/h2-4,6H,15H2,1H3,(H,16,17,18). The molecule has 0 fully saturated rings. The molecule has 102 valence electrons. The zero-order valence-corrected chi connectivity index (χ0v) is 10.4. The van der Waals surface area contributed by atoms with Crippen LogP contribution in [-0.4, -0.2) is 17.1 Å². The number of rotatable bonds is 4. The minimum absolute atomic E-state index is 0.00834. The Morgan fingerprint density at radius 1 is 1.40 bits per heavy atom. The second-order valence-corrected chi connectivity index (χ2v) is 3.57. The summed E-state index contributed by atoms with van der Waals surface area (Å²) in [6, 6.07) is 6.42. The largest absolute Gasteiger partial charge is 0.493 e. The first-order valence-electron chi connectivity index (χ1n) is 5.43. The number of hydrogen-bond donors (Lipinski definition) is 2. The number of nitrogen functional groups attached to an aromatic ring is 1. The Morgan fingerprint density at radius 3 is 2.85 bits per heavy atom. The molecule has 0 spiro atoms. The van der Waals surface area contributed by atoms with Gasteiger partial charge in [0, 0.05) is 6.07 Å². The number of hydrogen-bond acceptors (Lipinski definition) is 7. The summed E-state index contributed by atoms with van der Waals surface area (Å²) in [5.41, 5.74) is 2.57. The third kappa shape index (κ3) is 2.73. The summed E-state index contributed by atoms with van der Waals surface area (Å²) in [5.74, 6) is 4.58. The number of ether oxygens (including phenoxy) is 2. The highest BCUT2D eigenvalue weighted by atomic mass is 19.1. The van der Waals surface area contributed by atoms with Crippen molar-refractivity contribution in [2.24, 2.45) is 5.84 Å². The van der Waals surface area contributed by atoms with E-state index in [0.29, 0.717) is 5.56 Å². The Balaban J connectivity index is 2.37. The predicted octanol–water partition coefficient (Wildman–Crippen LogP) is 1.57. The van der Waals surface area contributed by atoms with Gasteiger partial charge in [-0.15, -0.1) is 0 Å². The van der Waals surface area contributed by atoms with E-state index in [1.165, 1.54) is 25.3 Å². The molecule has 20 heavy (non-hydrogen) atoms. The predicted molar refractivity (Wildman–Crippen MR) is 67.6 cm³/mol. The van der Waals surface area contributed by atoms with Crippen LogP contribution in [0.5, 0.6) is 17.4 Å². The van der Waals surface area contributed by atoms with Crippen molar-refractivity contribution in [2.75, 3.05) is 12.5 Å². The maximum Gasteiger partial charge on any atom is 0.261 e. The number of anilines is 1. The lowest BCUT2D eigenvalue weighted by Gasteiger charge is -2.10. The summed E-state index contributed by atoms with van der Waals surface area (Å²) in [4.78, 5) is 7.33. The van der Waals surface area contributed by atoms with Crippen molar-refractivity contribution < 1.29 is 13.9 Å². The number of nitriles is 1. The summed E-state index contributed by atoms with van der Waals surface area (Å²) in [5, 5.41) is 8.80. The molecule has 7 nitrogen and oxygen atoms in total. The highest BCUT2D eigenvalue weighted by Gasteiger charge is 2.13. The van der Waals surface area contributed by atoms with E-state index < -0.39 is 5.82 Å². The maximum absolute atomic E-state index is 13.6. The molecule has 0 amide bonds. The number of hydrazine groups is 1. The van der Waals surface area contributed by atoms with E-state index >= 15 is 0 Å². The Bertz CT molecular complexity index is 671. The number of benzene rings is 1. The van der Waals surface area contributed by atoms with E-state index in [4.69, 9.17) is 20.6 Å². The van der Waals surface area contributed by atoms with Gasteiger partial charge in [0.15, 0.2) is 11.5 Å². The van der Waals surface area contributed by atoms with Crippen molar-refractivity contribution >= 4 is 5.95 Å². The summed E-state index contributed by atoms with van der Waals surface area (Å²) < 4.78 is 24.0. The molecule has 0 saturated heterocycles. The lowest BCUT2D eigenvalue weighted by atomic mass is 10.2. The third-order valence-electron chi connectivity index (χ3n) is 2.34.